The molecular weight excluding hydrogens is 330 g/mol. The molecule has 1 heterocycles. The Bertz CT molecular complexity index is 803. The van der Waals surface area contributed by atoms with Crippen molar-refractivity contribution in [3.8, 4) is 0 Å². The Kier molecular flexibility index (Phi) is 5.31. The molecule has 1 saturated heterocycles. The zero-order valence-electron chi connectivity index (χ0n) is 14.6. The fraction of sp³-hybridized carbons (Fsp3) is 0.250. The standard InChI is InChI=1S/C20H21N3O3/c1-14-7-12-19(25)23(14)17-10-8-16(9-11-17)22-18(24)13-21-20(26)15-5-3-2-4-6-15/h2-6,8-11,14H,7,12-13H2,1H3,(H,21,26)(H,22,24). The fourth-order valence-corrected chi connectivity index (χ4v) is 2.99. The Labute approximate surface area is 152 Å². The van der Waals surface area contributed by atoms with Crippen LogP contribution >= 0.6 is 0 Å². The number of nitrogens with zero attached hydrogens (tertiary/aromatic N) is 1. The van der Waals surface area contributed by atoms with E-state index in [0.717, 1.165) is 12.1 Å². The van der Waals surface area contributed by atoms with Crippen molar-refractivity contribution in [1.29, 1.82) is 0 Å². The summed E-state index contributed by atoms with van der Waals surface area (Å²) in [6.45, 7) is 1.91. The van der Waals surface area contributed by atoms with E-state index >= 15 is 0 Å². The third-order valence-electron chi connectivity index (χ3n) is 4.36. The summed E-state index contributed by atoms with van der Waals surface area (Å²) < 4.78 is 0. The molecule has 3 amide bonds. The molecule has 1 fully saturated rings. The zero-order chi connectivity index (χ0) is 18.5. The zero-order valence-corrected chi connectivity index (χ0v) is 14.6. The van der Waals surface area contributed by atoms with Gasteiger partial charge < -0.3 is 15.5 Å². The van der Waals surface area contributed by atoms with Crippen molar-refractivity contribution < 1.29 is 14.4 Å². The highest BCUT2D eigenvalue weighted by atomic mass is 16.2. The van der Waals surface area contributed by atoms with Crippen LogP contribution in [-0.4, -0.2) is 30.3 Å². The van der Waals surface area contributed by atoms with Crippen LogP contribution in [0, 0.1) is 0 Å². The van der Waals surface area contributed by atoms with Gasteiger partial charge in [0, 0.05) is 29.4 Å². The van der Waals surface area contributed by atoms with E-state index in [1.165, 1.54) is 0 Å². The molecule has 26 heavy (non-hydrogen) atoms. The number of nitrogens with one attached hydrogen (secondary N) is 2. The van der Waals surface area contributed by atoms with Crippen LogP contribution in [0.2, 0.25) is 0 Å². The van der Waals surface area contributed by atoms with Crippen molar-refractivity contribution in [2.45, 2.75) is 25.8 Å². The molecule has 0 radical (unpaired) electrons. The molecule has 2 aromatic rings. The van der Waals surface area contributed by atoms with Gasteiger partial charge in [-0.25, -0.2) is 0 Å². The Hall–Kier alpha value is -3.15. The number of carbonyl (C=O) groups excluding carboxylic acids is 3. The van der Waals surface area contributed by atoms with Crippen LogP contribution < -0.4 is 15.5 Å². The highest BCUT2D eigenvalue weighted by Gasteiger charge is 2.28. The molecule has 3 rings (SSSR count). The summed E-state index contributed by atoms with van der Waals surface area (Å²) in [5, 5.41) is 5.31. The second kappa shape index (κ2) is 7.82. The Morgan fingerprint density at radius 3 is 2.38 bits per heavy atom. The Morgan fingerprint density at radius 2 is 1.77 bits per heavy atom. The van der Waals surface area contributed by atoms with Crippen molar-refractivity contribution in [3.63, 3.8) is 0 Å². The third kappa shape index (κ3) is 4.08. The van der Waals surface area contributed by atoms with Gasteiger partial charge in [-0.15, -0.1) is 0 Å². The molecule has 6 heteroatoms. The normalized spacial score (nSPS) is 16.4. The Balaban J connectivity index is 1.53. The molecule has 0 saturated carbocycles. The smallest absolute Gasteiger partial charge is 0.251 e. The van der Waals surface area contributed by atoms with E-state index in [9.17, 15) is 14.4 Å². The van der Waals surface area contributed by atoms with Crippen molar-refractivity contribution in [2.75, 3.05) is 16.8 Å². The molecule has 6 nitrogen and oxygen atoms in total. The highest BCUT2D eigenvalue weighted by molar-refractivity contribution is 6.00. The van der Waals surface area contributed by atoms with E-state index in [2.05, 4.69) is 10.6 Å². The summed E-state index contributed by atoms with van der Waals surface area (Å²) in [5.41, 5.74) is 1.96. The van der Waals surface area contributed by atoms with Crippen LogP contribution in [-0.2, 0) is 9.59 Å². The minimum atomic E-state index is -0.312. The highest BCUT2D eigenvalue weighted by Crippen LogP contribution is 2.27. The molecule has 2 N–H and O–H groups in total. The average Bonchev–Trinajstić information content (AvgIpc) is 2.99. The second-order valence-electron chi connectivity index (χ2n) is 6.30. The first kappa shape index (κ1) is 17.7. The molecule has 0 spiro atoms. The number of amides is 3. The Morgan fingerprint density at radius 1 is 1.08 bits per heavy atom. The summed E-state index contributed by atoms with van der Waals surface area (Å²) in [4.78, 5) is 37.6. The predicted octanol–water partition coefficient (Wildman–Crippen LogP) is 2.57. The molecule has 134 valence electrons. The van der Waals surface area contributed by atoms with E-state index in [1.54, 1.807) is 41.3 Å². The van der Waals surface area contributed by atoms with Crippen LogP contribution in [0.3, 0.4) is 0 Å². The van der Waals surface area contributed by atoms with Gasteiger partial charge in [0.1, 0.15) is 0 Å². The second-order valence-corrected chi connectivity index (χ2v) is 6.30. The molecule has 1 aliphatic rings. The molecule has 1 unspecified atom stereocenters. The largest absolute Gasteiger partial charge is 0.343 e. The lowest BCUT2D eigenvalue weighted by atomic mass is 10.2. The summed E-state index contributed by atoms with van der Waals surface area (Å²) in [7, 11) is 0. The van der Waals surface area contributed by atoms with E-state index in [1.807, 2.05) is 25.1 Å². The van der Waals surface area contributed by atoms with Gasteiger partial charge in [-0.1, -0.05) is 18.2 Å². The minimum Gasteiger partial charge on any atom is -0.343 e. The van der Waals surface area contributed by atoms with Gasteiger partial charge in [0.05, 0.1) is 6.54 Å². The van der Waals surface area contributed by atoms with E-state index in [4.69, 9.17) is 0 Å². The van der Waals surface area contributed by atoms with Crippen molar-refractivity contribution in [1.82, 2.24) is 5.32 Å². The minimum absolute atomic E-state index is 0.114. The number of carbonyl (C=O) groups is 3. The maximum atomic E-state index is 12.0. The number of rotatable bonds is 5. The number of hydrogen-bond acceptors (Lipinski definition) is 3. The van der Waals surface area contributed by atoms with E-state index in [-0.39, 0.29) is 30.3 Å². The number of benzene rings is 2. The molecule has 1 atom stereocenters. The van der Waals surface area contributed by atoms with Gasteiger partial charge in [-0.3, -0.25) is 14.4 Å². The van der Waals surface area contributed by atoms with Gasteiger partial charge >= 0.3 is 0 Å². The van der Waals surface area contributed by atoms with Gasteiger partial charge in [-0.2, -0.15) is 0 Å². The molecule has 1 aliphatic heterocycles. The predicted molar refractivity (Wildman–Crippen MR) is 100 cm³/mol. The molecule has 0 bridgehead atoms. The first-order valence-electron chi connectivity index (χ1n) is 8.60. The van der Waals surface area contributed by atoms with Gasteiger partial charge in [-0.05, 0) is 49.7 Å². The van der Waals surface area contributed by atoms with Crippen molar-refractivity contribution in [2.24, 2.45) is 0 Å². The van der Waals surface area contributed by atoms with E-state index in [0.29, 0.717) is 17.7 Å². The van der Waals surface area contributed by atoms with Crippen LogP contribution in [0.4, 0.5) is 11.4 Å². The molecular formula is C20H21N3O3. The lowest BCUT2D eigenvalue weighted by Crippen LogP contribution is -2.33. The van der Waals surface area contributed by atoms with Crippen LogP contribution in [0.25, 0.3) is 0 Å². The number of anilines is 2. The lowest BCUT2D eigenvalue weighted by Gasteiger charge is -2.22. The fourth-order valence-electron chi connectivity index (χ4n) is 2.99. The van der Waals surface area contributed by atoms with Crippen molar-refractivity contribution >= 4 is 29.1 Å². The van der Waals surface area contributed by atoms with Gasteiger partial charge in [0.25, 0.3) is 5.91 Å². The quantitative estimate of drug-likeness (QED) is 0.869. The molecule has 0 aliphatic carbocycles. The summed E-state index contributed by atoms with van der Waals surface area (Å²) in [6.07, 6.45) is 1.43. The average molecular weight is 351 g/mol. The summed E-state index contributed by atoms with van der Waals surface area (Å²) in [5.74, 6) is -0.483. The maximum absolute atomic E-state index is 12.0. The van der Waals surface area contributed by atoms with Crippen molar-refractivity contribution in [3.05, 3.63) is 60.2 Å². The van der Waals surface area contributed by atoms with Gasteiger partial charge in [0.15, 0.2) is 0 Å². The first-order chi connectivity index (χ1) is 12.5. The van der Waals surface area contributed by atoms with Crippen LogP contribution in [0.5, 0.6) is 0 Å². The SMILES string of the molecule is CC1CCC(=O)N1c1ccc(NC(=O)CNC(=O)c2ccccc2)cc1. The maximum Gasteiger partial charge on any atom is 0.251 e. The topological polar surface area (TPSA) is 78.5 Å². The van der Waals surface area contributed by atoms with E-state index < -0.39 is 0 Å². The third-order valence-corrected chi connectivity index (χ3v) is 4.36. The lowest BCUT2D eigenvalue weighted by molar-refractivity contribution is -0.117. The van der Waals surface area contributed by atoms with Crippen LogP contribution in [0.1, 0.15) is 30.1 Å². The molecule has 2 aromatic carbocycles. The monoisotopic (exact) mass is 351 g/mol. The summed E-state index contributed by atoms with van der Waals surface area (Å²) in [6, 6.07) is 16.1. The number of hydrogen-bond donors (Lipinski definition) is 2. The molecule has 0 aromatic heterocycles. The van der Waals surface area contributed by atoms with Gasteiger partial charge in [0.2, 0.25) is 11.8 Å². The summed E-state index contributed by atoms with van der Waals surface area (Å²) >= 11 is 0. The van der Waals surface area contributed by atoms with Crippen LogP contribution in [0.15, 0.2) is 54.6 Å². The first-order valence-corrected chi connectivity index (χ1v) is 8.60.